The molecule has 0 saturated heterocycles. The Balaban J connectivity index is 0.000000932. The van der Waals surface area contributed by atoms with E-state index in [1.165, 1.54) is 0 Å². The number of imidazole rings is 1. The molecule has 5 aromatic rings. The predicted octanol–water partition coefficient (Wildman–Crippen LogP) is 4.88. The van der Waals surface area contributed by atoms with Crippen molar-refractivity contribution in [3.05, 3.63) is 72.4 Å². The molecule has 28 heavy (non-hydrogen) atoms. The molecular formula is C23H23N5. The number of aryl methyl sites for hydroxylation is 3. The molecule has 140 valence electrons. The molecule has 0 N–H and O–H groups in total. The summed E-state index contributed by atoms with van der Waals surface area (Å²) >= 11 is 0. The zero-order valence-electron chi connectivity index (χ0n) is 16.4. The number of para-hydroxylation sites is 2. The van der Waals surface area contributed by atoms with E-state index in [1.807, 2.05) is 56.6 Å². The fourth-order valence-corrected chi connectivity index (χ4v) is 3.44. The van der Waals surface area contributed by atoms with Crippen LogP contribution in [0.3, 0.4) is 0 Å². The van der Waals surface area contributed by atoms with E-state index in [0.717, 1.165) is 57.3 Å². The summed E-state index contributed by atoms with van der Waals surface area (Å²) in [6, 6.07) is 16.1. The van der Waals surface area contributed by atoms with E-state index in [9.17, 15) is 0 Å². The van der Waals surface area contributed by atoms with Gasteiger partial charge in [-0.1, -0.05) is 26.0 Å². The third kappa shape index (κ3) is 3.20. The van der Waals surface area contributed by atoms with Crippen molar-refractivity contribution >= 4 is 33.0 Å². The minimum absolute atomic E-state index is 0.811. The molecule has 0 radical (unpaired) electrons. The second kappa shape index (κ2) is 7.72. The highest BCUT2D eigenvalue weighted by Crippen LogP contribution is 2.24. The number of nitrogens with zero attached hydrogens (tertiary/aromatic N) is 5. The Morgan fingerprint density at radius 3 is 2.46 bits per heavy atom. The van der Waals surface area contributed by atoms with E-state index in [0.29, 0.717) is 0 Å². The van der Waals surface area contributed by atoms with Gasteiger partial charge < -0.3 is 4.57 Å². The Morgan fingerprint density at radius 1 is 0.786 bits per heavy atom. The minimum atomic E-state index is 0.811. The highest BCUT2D eigenvalue weighted by molar-refractivity contribution is 6.02. The van der Waals surface area contributed by atoms with Crippen molar-refractivity contribution in [3.8, 4) is 0 Å². The van der Waals surface area contributed by atoms with Crippen LogP contribution < -0.4 is 0 Å². The number of benzene rings is 2. The summed E-state index contributed by atoms with van der Waals surface area (Å²) in [5.41, 5.74) is 5.97. The fraction of sp³-hybridized carbons (Fsp3) is 0.217. The molecule has 3 heterocycles. The normalized spacial score (nSPS) is 11.0. The van der Waals surface area contributed by atoms with Crippen LogP contribution in [-0.4, -0.2) is 24.5 Å². The molecule has 0 aliphatic heterocycles. The molecule has 0 aliphatic rings. The van der Waals surface area contributed by atoms with Gasteiger partial charge >= 0.3 is 0 Å². The standard InChI is InChI=1S/C21H17N5.C2H6/c1-26-19-10-9-16-15(5-4-12-22-16)21(19)25-20(26)11-8-14-13-23-17-6-2-3-7-18(17)24-14;1-2/h2-7,9-10,12-13H,8,11H2,1H3;1-2H3. The van der Waals surface area contributed by atoms with Crippen molar-refractivity contribution in [3.63, 3.8) is 0 Å². The summed E-state index contributed by atoms with van der Waals surface area (Å²) in [5.74, 6) is 1.05. The summed E-state index contributed by atoms with van der Waals surface area (Å²) in [7, 11) is 2.07. The van der Waals surface area contributed by atoms with Crippen LogP contribution in [0, 0.1) is 0 Å². The molecule has 2 aromatic carbocycles. The van der Waals surface area contributed by atoms with Gasteiger partial charge in [-0.2, -0.15) is 0 Å². The molecule has 0 fully saturated rings. The van der Waals surface area contributed by atoms with Gasteiger partial charge in [-0.05, 0) is 42.8 Å². The lowest BCUT2D eigenvalue weighted by Gasteiger charge is -2.04. The summed E-state index contributed by atoms with van der Waals surface area (Å²) in [5, 5.41) is 1.09. The lowest BCUT2D eigenvalue weighted by Crippen LogP contribution is -2.02. The third-order valence-corrected chi connectivity index (χ3v) is 4.83. The van der Waals surface area contributed by atoms with Gasteiger partial charge in [0.1, 0.15) is 5.82 Å². The van der Waals surface area contributed by atoms with Gasteiger partial charge in [-0.25, -0.2) is 9.97 Å². The average molecular weight is 369 g/mol. The highest BCUT2D eigenvalue weighted by Gasteiger charge is 2.11. The van der Waals surface area contributed by atoms with E-state index < -0.39 is 0 Å². The molecule has 0 amide bonds. The fourth-order valence-electron chi connectivity index (χ4n) is 3.44. The second-order valence-electron chi connectivity index (χ2n) is 6.44. The first-order valence-corrected chi connectivity index (χ1v) is 9.69. The number of aromatic nitrogens is 5. The molecule has 3 aromatic heterocycles. The zero-order valence-corrected chi connectivity index (χ0v) is 16.4. The van der Waals surface area contributed by atoms with E-state index in [1.54, 1.807) is 0 Å². The number of hydrogen-bond donors (Lipinski definition) is 0. The van der Waals surface area contributed by atoms with Gasteiger partial charge in [-0.15, -0.1) is 0 Å². The first kappa shape index (κ1) is 18.0. The van der Waals surface area contributed by atoms with Gasteiger partial charge in [0.15, 0.2) is 0 Å². The first-order chi connectivity index (χ1) is 13.8. The second-order valence-corrected chi connectivity index (χ2v) is 6.44. The molecule has 0 bridgehead atoms. The zero-order chi connectivity index (χ0) is 19.5. The lowest BCUT2D eigenvalue weighted by molar-refractivity contribution is 0.776. The Hall–Kier alpha value is -3.34. The van der Waals surface area contributed by atoms with Crippen molar-refractivity contribution in [2.75, 3.05) is 0 Å². The van der Waals surface area contributed by atoms with Gasteiger partial charge in [0.05, 0.1) is 33.3 Å². The minimum Gasteiger partial charge on any atom is -0.331 e. The topological polar surface area (TPSA) is 56.5 Å². The quantitative estimate of drug-likeness (QED) is 0.455. The first-order valence-electron chi connectivity index (χ1n) is 9.69. The van der Waals surface area contributed by atoms with E-state index in [4.69, 9.17) is 9.97 Å². The van der Waals surface area contributed by atoms with E-state index in [-0.39, 0.29) is 0 Å². The summed E-state index contributed by atoms with van der Waals surface area (Å²) in [6.45, 7) is 4.00. The molecule has 0 spiro atoms. The maximum atomic E-state index is 4.89. The van der Waals surface area contributed by atoms with Crippen LogP contribution in [0.1, 0.15) is 25.4 Å². The molecule has 5 rings (SSSR count). The monoisotopic (exact) mass is 369 g/mol. The van der Waals surface area contributed by atoms with Crippen molar-refractivity contribution in [1.82, 2.24) is 24.5 Å². The molecule has 0 atom stereocenters. The Morgan fingerprint density at radius 2 is 1.61 bits per heavy atom. The van der Waals surface area contributed by atoms with E-state index in [2.05, 4.69) is 39.8 Å². The van der Waals surface area contributed by atoms with Crippen LogP contribution in [0.5, 0.6) is 0 Å². The third-order valence-electron chi connectivity index (χ3n) is 4.83. The molecular weight excluding hydrogens is 346 g/mol. The van der Waals surface area contributed by atoms with Crippen molar-refractivity contribution < 1.29 is 0 Å². The largest absolute Gasteiger partial charge is 0.331 e. The van der Waals surface area contributed by atoms with E-state index >= 15 is 0 Å². The Bertz CT molecular complexity index is 1260. The van der Waals surface area contributed by atoms with Crippen molar-refractivity contribution in [1.29, 1.82) is 0 Å². The molecule has 0 unspecified atom stereocenters. The average Bonchev–Trinajstić information content (AvgIpc) is 3.09. The van der Waals surface area contributed by atoms with Crippen LogP contribution >= 0.6 is 0 Å². The van der Waals surface area contributed by atoms with Gasteiger partial charge in [0.25, 0.3) is 0 Å². The van der Waals surface area contributed by atoms with Gasteiger partial charge in [-0.3, -0.25) is 9.97 Å². The summed E-state index contributed by atoms with van der Waals surface area (Å²) in [6.07, 6.45) is 5.31. The molecule has 0 saturated carbocycles. The maximum Gasteiger partial charge on any atom is 0.110 e. The van der Waals surface area contributed by atoms with Crippen LogP contribution in [-0.2, 0) is 19.9 Å². The Labute approximate surface area is 164 Å². The van der Waals surface area contributed by atoms with Gasteiger partial charge in [0, 0.05) is 31.2 Å². The van der Waals surface area contributed by atoms with Crippen LogP contribution in [0.2, 0.25) is 0 Å². The number of rotatable bonds is 3. The lowest BCUT2D eigenvalue weighted by atomic mass is 10.2. The molecule has 5 heteroatoms. The van der Waals surface area contributed by atoms with Crippen molar-refractivity contribution in [2.45, 2.75) is 26.7 Å². The SMILES string of the molecule is CC.Cn1c(CCc2cnc3ccccc3n2)nc2c3cccnc3ccc21. The van der Waals surface area contributed by atoms with Crippen LogP contribution in [0.15, 0.2) is 60.9 Å². The van der Waals surface area contributed by atoms with Gasteiger partial charge in [0.2, 0.25) is 0 Å². The predicted molar refractivity (Wildman–Crippen MR) is 114 cm³/mol. The van der Waals surface area contributed by atoms with Crippen molar-refractivity contribution in [2.24, 2.45) is 7.05 Å². The van der Waals surface area contributed by atoms with Crippen LogP contribution in [0.25, 0.3) is 33.0 Å². The van der Waals surface area contributed by atoms with Crippen LogP contribution in [0.4, 0.5) is 0 Å². The molecule has 5 nitrogen and oxygen atoms in total. The summed E-state index contributed by atoms with van der Waals surface area (Å²) < 4.78 is 2.16. The maximum absolute atomic E-state index is 4.89. The number of fused-ring (bicyclic) bond motifs is 4. The number of hydrogen-bond acceptors (Lipinski definition) is 4. The highest BCUT2D eigenvalue weighted by atomic mass is 15.1. The Kier molecular flexibility index (Phi) is 4.98. The molecule has 0 aliphatic carbocycles. The number of pyridine rings is 1. The summed E-state index contributed by atoms with van der Waals surface area (Å²) in [4.78, 5) is 18.5. The smallest absolute Gasteiger partial charge is 0.110 e.